The molecule has 0 unspecified atom stereocenters. The van der Waals surface area contributed by atoms with Crippen molar-refractivity contribution < 1.29 is 38.3 Å². The molecule has 24 heavy (non-hydrogen) atoms. The molecular weight excluding hydrogens is 338 g/mol. The molecule has 0 atom stereocenters. The predicted octanol–water partition coefficient (Wildman–Crippen LogP) is -1.98. The van der Waals surface area contributed by atoms with E-state index >= 15 is 0 Å². The molecule has 0 bridgehead atoms. The highest BCUT2D eigenvalue weighted by Crippen LogP contribution is 2.10. The molecule has 2 aromatic carbocycles. The largest absolute Gasteiger partial charge is 0.424 e. The van der Waals surface area contributed by atoms with Gasteiger partial charge in [-0.05, 0) is 23.8 Å². The van der Waals surface area contributed by atoms with E-state index in [1.807, 2.05) is 48.5 Å². The van der Waals surface area contributed by atoms with Crippen molar-refractivity contribution in [3.8, 4) is 0 Å². The quantitative estimate of drug-likeness (QED) is 0.526. The maximum atomic E-state index is 11.9. The van der Waals surface area contributed by atoms with Crippen LogP contribution in [0.3, 0.4) is 0 Å². The monoisotopic (exact) mass is 349 g/mol. The number of para-hydroxylation sites is 1. The summed E-state index contributed by atoms with van der Waals surface area (Å²) in [5, 5.41) is 0.555. The van der Waals surface area contributed by atoms with Crippen molar-refractivity contribution in [3.63, 3.8) is 0 Å². The van der Waals surface area contributed by atoms with Crippen LogP contribution in [0.5, 0.6) is 0 Å². The Hall–Kier alpha value is -2.55. The van der Waals surface area contributed by atoms with Crippen molar-refractivity contribution in [2.45, 2.75) is 0 Å². The molecule has 1 heterocycles. The second kappa shape index (κ2) is 7.82. The first kappa shape index (κ1) is 17.8. The first-order valence-electron chi connectivity index (χ1n) is 6.63. The van der Waals surface area contributed by atoms with Gasteiger partial charge < -0.3 is 4.42 Å². The number of fused-ring (bicyclic) bond motifs is 1. The molecular formula is C16H12ClNO6. The highest BCUT2D eigenvalue weighted by atomic mass is 35.7. The van der Waals surface area contributed by atoms with Gasteiger partial charge in [0, 0.05) is 0 Å². The van der Waals surface area contributed by atoms with E-state index in [0.717, 1.165) is 5.56 Å². The van der Waals surface area contributed by atoms with Crippen LogP contribution >= 0.6 is 0 Å². The molecule has 3 rings (SSSR count). The van der Waals surface area contributed by atoms with E-state index in [1.165, 1.54) is 0 Å². The number of nitrogens with one attached hydrogen (secondary N) is 1. The van der Waals surface area contributed by atoms with Crippen LogP contribution in [0.15, 0.2) is 63.8 Å². The molecule has 0 radical (unpaired) electrons. The highest BCUT2D eigenvalue weighted by Gasteiger charge is 2.09. The summed E-state index contributed by atoms with van der Waals surface area (Å²) in [7, 11) is -4.94. The van der Waals surface area contributed by atoms with Crippen LogP contribution in [0.25, 0.3) is 23.1 Å². The SMILES string of the molecule is O=c1[nH+]c(/C=C/c2ccccc2)oc2ccccc12.[O-][Cl+3]([O-])([O-])[O-]. The maximum Gasteiger partial charge on any atom is 0.424 e. The van der Waals surface area contributed by atoms with Gasteiger partial charge in [-0.3, -0.25) is 0 Å². The van der Waals surface area contributed by atoms with Crippen LogP contribution in [0, 0.1) is 10.2 Å². The van der Waals surface area contributed by atoms with Crippen molar-refractivity contribution >= 4 is 23.1 Å². The van der Waals surface area contributed by atoms with Gasteiger partial charge in [0.15, 0.2) is 5.58 Å². The summed E-state index contributed by atoms with van der Waals surface area (Å²) in [4.78, 5) is 14.6. The topological polar surface area (TPSA) is 137 Å². The molecule has 3 aromatic rings. The number of hydrogen-bond donors (Lipinski definition) is 0. The van der Waals surface area contributed by atoms with E-state index < -0.39 is 10.2 Å². The molecule has 7 nitrogen and oxygen atoms in total. The normalized spacial score (nSPS) is 11.3. The van der Waals surface area contributed by atoms with Gasteiger partial charge in [-0.25, -0.2) is 23.4 Å². The Labute approximate surface area is 138 Å². The van der Waals surface area contributed by atoms with E-state index in [0.29, 0.717) is 16.9 Å². The Bertz CT molecular complexity index is 880. The van der Waals surface area contributed by atoms with Crippen LogP contribution in [-0.4, -0.2) is 0 Å². The predicted molar refractivity (Wildman–Crippen MR) is 74.4 cm³/mol. The van der Waals surface area contributed by atoms with Gasteiger partial charge in [-0.2, -0.15) is 0 Å². The number of H-pyrrole nitrogens is 1. The molecule has 0 spiro atoms. The zero-order valence-corrected chi connectivity index (χ0v) is 12.9. The van der Waals surface area contributed by atoms with Crippen molar-refractivity contribution in [2.24, 2.45) is 0 Å². The second-order valence-electron chi connectivity index (χ2n) is 4.54. The summed E-state index contributed by atoms with van der Waals surface area (Å²) in [5.41, 5.74) is 1.49. The van der Waals surface area contributed by atoms with Crippen molar-refractivity contribution in [3.05, 3.63) is 76.4 Å². The fourth-order valence-electron chi connectivity index (χ4n) is 1.88. The molecule has 0 saturated carbocycles. The van der Waals surface area contributed by atoms with Gasteiger partial charge >= 0.3 is 11.4 Å². The van der Waals surface area contributed by atoms with Crippen LogP contribution < -0.4 is 29.2 Å². The van der Waals surface area contributed by atoms with Gasteiger partial charge in [0.05, 0.1) is 6.08 Å². The third kappa shape index (κ3) is 5.92. The third-order valence-corrected chi connectivity index (χ3v) is 2.82. The van der Waals surface area contributed by atoms with E-state index in [4.69, 9.17) is 23.1 Å². The summed E-state index contributed by atoms with van der Waals surface area (Å²) in [6.45, 7) is 0. The number of aromatic amines is 1. The fourth-order valence-corrected chi connectivity index (χ4v) is 1.88. The highest BCUT2D eigenvalue weighted by molar-refractivity contribution is 5.75. The zero-order chi connectivity index (χ0) is 17.6. The van der Waals surface area contributed by atoms with Crippen molar-refractivity contribution in [1.82, 2.24) is 0 Å². The van der Waals surface area contributed by atoms with Crippen LogP contribution in [0.1, 0.15) is 11.5 Å². The summed E-state index contributed by atoms with van der Waals surface area (Å²) in [6, 6.07) is 17.0. The minimum Gasteiger partial charge on any atom is -0.404 e. The minimum absolute atomic E-state index is 0.144. The lowest BCUT2D eigenvalue weighted by molar-refractivity contribution is -2.00. The molecule has 0 fully saturated rings. The third-order valence-electron chi connectivity index (χ3n) is 2.82. The molecule has 1 N–H and O–H groups in total. The Morgan fingerprint density at radius 1 is 0.875 bits per heavy atom. The number of halogens is 1. The fraction of sp³-hybridized carbons (Fsp3) is 0. The number of rotatable bonds is 2. The lowest BCUT2D eigenvalue weighted by Gasteiger charge is -2.17. The average Bonchev–Trinajstić information content (AvgIpc) is 2.52. The minimum atomic E-state index is -4.94. The van der Waals surface area contributed by atoms with Crippen molar-refractivity contribution in [1.29, 1.82) is 0 Å². The van der Waals surface area contributed by atoms with Gasteiger partial charge in [-0.1, -0.05) is 42.5 Å². The Morgan fingerprint density at radius 3 is 2.12 bits per heavy atom. The first-order valence-corrected chi connectivity index (χ1v) is 7.86. The van der Waals surface area contributed by atoms with Crippen LogP contribution in [-0.2, 0) is 0 Å². The average molecular weight is 350 g/mol. The van der Waals surface area contributed by atoms with Gasteiger partial charge in [-0.15, -0.1) is 15.2 Å². The van der Waals surface area contributed by atoms with Gasteiger partial charge in [0.2, 0.25) is 0 Å². The Morgan fingerprint density at radius 2 is 1.46 bits per heavy atom. The second-order valence-corrected chi connectivity index (χ2v) is 5.29. The summed E-state index contributed by atoms with van der Waals surface area (Å²) < 4.78 is 39.6. The number of benzene rings is 2. The Balaban J connectivity index is 0.000000368. The smallest absolute Gasteiger partial charge is 0.404 e. The van der Waals surface area contributed by atoms with Crippen LogP contribution in [0.2, 0.25) is 0 Å². The molecule has 0 aliphatic carbocycles. The molecule has 0 amide bonds. The first-order chi connectivity index (χ1) is 11.3. The van der Waals surface area contributed by atoms with E-state index in [2.05, 4.69) is 4.98 Å². The summed E-state index contributed by atoms with van der Waals surface area (Å²) in [5.74, 6) is 0.438. The molecule has 8 heteroatoms. The molecule has 0 saturated heterocycles. The lowest BCUT2D eigenvalue weighted by atomic mass is 10.2. The van der Waals surface area contributed by atoms with E-state index in [9.17, 15) is 4.79 Å². The summed E-state index contributed by atoms with van der Waals surface area (Å²) in [6.07, 6.45) is 3.65. The van der Waals surface area contributed by atoms with Gasteiger partial charge in [0.25, 0.3) is 0 Å². The Kier molecular flexibility index (Phi) is 5.80. The molecule has 0 aliphatic heterocycles. The van der Waals surface area contributed by atoms with E-state index in [1.54, 1.807) is 18.2 Å². The number of aromatic nitrogens is 1. The maximum absolute atomic E-state index is 11.9. The lowest BCUT2D eigenvalue weighted by Crippen LogP contribution is -2.68. The van der Waals surface area contributed by atoms with Crippen LogP contribution in [0.4, 0.5) is 0 Å². The summed E-state index contributed by atoms with van der Waals surface area (Å²) >= 11 is 0. The number of hydrogen-bond acceptors (Lipinski definition) is 6. The molecule has 124 valence electrons. The van der Waals surface area contributed by atoms with Crippen molar-refractivity contribution in [2.75, 3.05) is 0 Å². The van der Waals surface area contributed by atoms with E-state index in [-0.39, 0.29) is 5.56 Å². The zero-order valence-electron chi connectivity index (χ0n) is 12.2. The standard InChI is InChI=1S/C16H11NO2.ClHO4/c18-16-13-8-4-5-9-14(13)19-15(17-16)11-10-12-6-2-1-3-7-12;2-1(3,4)5/h1-11H;(H,2,3,4,5)/b11-10+;. The molecule has 0 aliphatic rings. The van der Waals surface area contributed by atoms with Gasteiger partial charge in [0.1, 0.15) is 5.39 Å². The molecule has 1 aromatic heterocycles.